The van der Waals surface area contributed by atoms with Gasteiger partial charge in [-0.25, -0.2) is 0 Å². The van der Waals surface area contributed by atoms with Crippen molar-refractivity contribution in [2.45, 2.75) is 36.3 Å². The van der Waals surface area contributed by atoms with Crippen molar-refractivity contribution in [3.05, 3.63) is 29.8 Å². The van der Waals surface area contributed by atoms with Crippen LogP contribution in [0.15, 0.2) is 29.2 Å². The Morgan fingerprint density at radius 1 is 1.28 bits per heavy atom. The SMILES string of the molecule is CC[C@H](CO)NCc1ccc(SC(F)(F)F)cc1. The second-order valence-corrected chi connectivity index (χ2v) is 5.00. The number of alkyl halides is 3. The highest BCUT2D eigenvalue weighted by molar-refractivity contribution is 8.00. The molecule has 0 bridgehead atoms. The zero-order valence-electron chi connectivity index (χ0n) is 10.00. The van der Waals surface area contributed by atoms with Crippen molar-refractivity contribution in [2.24, 2.45) is 0 Å². The lowest BCUT2D eigenvalue weighted by Gasteiger charge is -2.14. The van der Waals surface area contributed by atoms with Gasteiger partial charge in [0.2, 0.25) is 0 Å². The number of benzene rings is 1. The van der Waals surface area contributed by atoms with E-state index in [2.05, 4.69) is 5.32 Å². The maximum Gasteiger partial charge on any atom is 0.446 e. The molecule has 0 spiro atoms. The summed E-state index contributed by atoms with van der Waals surface area (Å²) in [5, 5.41) is 12.1. The molecule has 0 saturated heterocycles. The summed E-state index contributed by atoms with van der Waals surface area (Å²) in [6.45, 7) is 2.55. The van der Waals surface area contributed by atoms with E-state index < -0.39 is 5.51 Å². The molecule has 0 radical (unpaired) electrons. The predicted octanol–water partition coefficient (Wildman–Crippen LogP) is 3.16. The van der Waals surface area contributed by atoms with Gasteiger partial charge in [-0.15, -0.1) is 0 Å². The molecule has 102 valence electrons. The first-order valence-electron chi connectivity index (χ1n) is 5.63. The summed E-state index contributed by atoms with van der Waals surface area (Å²) in [5.74, 6) is 0. The van der Waals surface area contributed by atoms with E-state index in [0.29, 0.717) is 6.54 Å². The molecule has 2 N–H and O–H groups in total. The van der Waals surface area contributed by atoms with Crippen LogP contribution in [0.2, 0.25) is 0 Å². The van der Waals surface area contributed by atoms with E-state index in [9.17, 15) is 13.2 Å². The first-order chi connectivity index (χ1) is 8.44. The fourth-order valence-corrected chi connectivity index (χ4v) is 1.95. The molecule has 0 heterocycles. The summed E-state index contributed by atoms with van der Waals surface area (Å²) in [5.41, 5.74) is -3.35. The Morgan fingerprint density at radius 3 is 2.33 bits per heavy atom. The minimum atomic E-state index is -4.25. The molecular weight excluding hydrogens is 263 g/mol. The normalized spacial score (nSPS) is 13.6. The van der Waals surface area contributed by atoms with E-state index in [0.717, 1.165) is 12.0 Å². The third-order valence-corrected chi connectivity index (χ3v) is 3.20. The summed E-state index contributed by atoms with van der Waals surface area (Å²) in [6.07, 6.45) is 0.804. The van der Waals surface area contributed by atoms with E-state index in [1.807, 2.05) is 6.92 Å². The van der Waals surface area contributed by atoms with E-state index >= 15 is 0 Å². The Kier molecular flexibility index (Phi) is 5.98. The minimum absolute atomic E-state index is 0.0224. The van der Waals surface area contributed by atoms with Crippen LogP contribution in [0.3, 0.4) is 0 Å². The van der Waals surface area contributed by atoms with Crippen molar-refractivity contribution in [1.82, 2.24) is 5.32 Å². The summed E-state index contributed by atoms with van der Waals surface area (Å²) >= 11 is -0.118. The molecule has 18 heavy (non-hydrogen) atoms. The molecule has 1 aromatic carbocycles. The van der Waals surface area contributed by atoms with Crippen molar-refractivity contribution in [3.8, 4) is 0 Å². The number of hydrogen-bond acceptors (Lipinski definition) is 3. The third-order valence-electron chi connectivity index (χ3n) is 2.46. The first-order valence-corrected chi connectivity index (χ1v) is 6.45. The molecular formula is C12H16F3NOS. The first kappa shape index (κ1) is 15.3. The Labute approximate surface area is 109 Å². The smallest absolute Gasteiger partial charge is 0.395 e. The number of rotatable bonds is 6. The lowest BCUT2D eigenvalue weighted by atomic mass is 10.2. The van der Waals surface area contributed by atoms with E-state index in [-0.39, 0.29) is 29.3 Å². The molecule has 0 aliphatic rings. The summed E-state index contributed by atoms with van der Waals surface area (Å²) in [7, 11) is 0. The highest BCUT2D eigenvalue weighted by Gasteiger charge is 2.28. The zero-order valence-corrected chi connectivity index (χ0v) is 10.8. The molecule has 0 aliphatic heterocycles. The average molecular weight is 279 g/mol. The van der Waals surface area contributed by atoms with Gasteiger partial charge in [0.05, 0.1) is 6.61 Å². The second kappa shape index (κ2) is 7.01. The van der Waals surface area contributed by atoms with Crippen LogP contribution in [0.5, 0.6) is 0 Å². The number of hydrogen-bond donors (Lipinski definition) is 2. The van der Waals surface area contributed by atoms with Gasteiger partial charge in [-0.3, -0.25) is 0 Å². The van der Waals surface area contributed by atoms with Crippen LogP contribution in [-0.2, 0) is 6.54 Å². The molecule has 2 nitrogen and oxygen atoms in total. The van der Waals surface area contributed by atoms with Crippen LogP contribution in [-0.4, -0.2) is 23.3 Å². The molecule has 1 atom stereocenters. The molecule has 6 heteroatoms. The number of nitrogens with one attached hydrogen (secondary N) is 1. The Balaban J connectivity index is 2.50. The summed E-state index contributed by atoms with van der Waals surface area (Å²) in [4.78, 5) is 0.181. The standard InChI is InChI=1S/C12H16F3NOS/c1-2-10(8-17)16-7-9-3-5-11(6-4-9)18-12(13,14)15/h3-6,10,16-17H,2,7-8H2,1H3/t10-/m1/s1. The molecule has 1 rings (SSSR count). The van der Waals surface area contributed by atoms with Crippen molar-refractivity contribution in [3.63, 3.8) is 0 Å². The zero-order chi connectivity index (χ0) is 13.6. The van der Waals surface area contributed by atoms with Gasteiger partial charge in [-0.05, 0) is 35.9 Å². The van der Waals surface area contributed by atoms with Crippen LogP contribution < -0.4 is 5.32 Å². The van der Waals surface area contributed by atoms with Crippen LogP contribution in [0.1, 0.15) is 18.9 Å². The largest absolute Gasteiger partial charge is 0.446 e. The van der Waals surface area contributed by atoms with Gasteiger partial charge in [0, 0.05) is 17.5 Å². The highest BCUT2D eigenvalue weighted by atomic mass is 32.2. The third kappa shape index (κ3) is 5.75. The van der Waals surface area contributed by atoms with Gasteiger partial charge < -0.3 is 10.4 Å². The molecule has 0 unspecified atom stereocenters. The van der Waals surface area contributed by atoms with Crippen LogP contribution >= 0.6 is 11.8 Å². The van der Waals surface area contributed by atoms with E-state index in [1.165, 1.54) is 12.1 Å². The van der Waals surface area contributed by atoms with Gasteiger partial charge in [-0.1, -0.05) is 19.1 Å². The minimum Gasteiger partial charge on any atom is -0.395 e. The van der Waals surface area contributed by atoms with Gasteiger partial charge in [0.25, 0.3) is 0 Å². The van der Waals surface area contributed by atoms with Gasteiger partial charge in [0.1, 0.15) is 0 Å². The molecule has 1 aromatic rings. The lowest BCUT2D eigenvalue weighted by Crippen LogP contribution is -2.31. The van der Waals surface area contributed by atoms with Crippen LogP contribution in [0.4, 0.5) is 13.2 Å². The number of aliphatic hydroxyl groups is 1. The molecule has 0 saturated carbocycles. The maximum absolute atomic E-state index is 12.1. The fourth-order valence-electron chi connectivity index (χ4n) is 1.41. The van der Waals surface area contributed by atoms with Crippen molar-refractivity contribution >= 4 is 11.8 Å². The second-order valence-electron chi connectivity index (χ2n) is 3.86. The summed E-state index contributed by atoms with van der Waals surface area (Å²) < 4.78 is 36.3. The van der Waals surface area contributed by atoms with E-state index in [4.69, 9.17) is 5.11 Å². The van der Waals surface area contributed by atoms with Gasteiger partial charge in [-0.2, -0.15) is 13.2 Å². The summed E-state index contributed by atoms with van der Waals surface area (Å²) in [6, 6.07) is 6.25. The van der Waals surface area contributed by atoms with Gasteiger partial charge in [0.15, 0.2) is 0 Å². The highest BCUT2D eigenvalue weighted by Crippen LogP contribution is 2.36. The maximum atomic E-state index is 12.1. The monoisotopic (exact) mass is 279 g/mol. The predicted molar refractivity (Wildman–Crippen MR) is 66.4 cm³/mol. The Morgan fingerprint density at radius 2 is 1.89 bits per heavy atom. The quantitative estimate of drug-likeness (QED) is 0.785. The number of aliphatic hydroxyl groups excluding tert-OH is 1. The van der Waals surface area contributed by atoms with Crippen molar-refractivity contribution in [2.75, 3.05) is 6.61 Å². The van der Waals surface area contributed by atoms with Gasteiger partial charge >= 0.3 is 5.51 Å². The molecule has 0 amide bonds. The van der Waals surface area contributed by atoms with Crippen LogP contribution in [0.25, 0.3) is 0 Å². The number of halogens is 3. The van der Waals surface area contributed by atoms with E-state index in [1.54, 1.807) is 12.1 Å². The fraction of sp³-hybridized carbons (Fsp3) is 0.500. The Hall–Kier alpha value is -0.720. The topological polar surface area (TPSA) is 32.3 Å². The molecule has 0 aliphatic carbocycles. The van der Waals surface area contributed by atoms with Crippen LogP contribution in [0, 0.1) is 0 Å². The van der Waals surface area contributed by atoms with Crippen molar-refractivity contribution in [1.29, 1.82) is 0 Å². The molecule has 0 fully saturated rings. The average Bonchev–Trinajstić information content (AvgIpc) is 2.30. The number of thioether (sulfide) groups is 1. The lowest BCUT2D eigenvalue weighted by molar-refractivity contribution is -0.0328. The Bertz CT molecular complexity index is 349. The van der Waals surface area contributed by atoms with Crippen molar-refractivity contribution < 1.29 is 18.3 Å². The molecule has 0 aromatic heterocycles.